The van der Waals surface area contributed by atoms with E-state index >= 15 is 0 Å². The van der Waals surface area contributed by atoms with Gasteiger partial charge in [0.15, 0.2) is 6.29 Å². The lowest BCUT2D eigenvalue weighted by Gasteiger charge is -2.34. The molecular formula is C16H14ClNO5. The number of nitro groups is 1. The van der Waals surface area contributed by atoms with E-state index < -0.39 is 23.4 Å². The van der Waals surface area contributed by atoms with E-state index in [-0.39, 0.29) is 12.3 Å². The van der Waals surface area contributed by atoms with E-state index in [4.69, 9.17) is 21.1 Å². The third-order valence-electron chi connectivity index (χ3n) is 3.61. The Morgan fingerprint density at radius 1 is 1.09 bits per heavy atom. The van der Waals surface area contributed by atoms with E-state index in [1.54, 1.807) is 36.4 Å². The summed E-state index contributed by atoms with van der Waals surface area (Å²) in [5, 5.41) is 21.4. The minimum Gasteiger partial charge on any atom is -0.388 e. The lowest BCUT2D eigenvalue weighted by molar-refractivity contribution is -0.384. The average Bonchev–Trinajstić information content (AvgIpc) is 2.56. The van der Waals surface area contributed by atoms with Crippen LogP contribution in [-0.4, -0.2) is 22.7 Å². The molecule has 7 heteroatoms. The Labute approximate surface area is 137 Å². The van der Waals surface area contributed by atoms with Crippen LogP contribution in [0.4, 0.5) is 5.69 Å². The molecule has 1 heterocycles. The molecule has 3 atom stereocenters. The van der Waals surface area contributed by atoms with E-state index in [2.05, 4.69) is 0 Å². The minimum atomic E-state index is -0.847. The maximum Gasteiger partial charge on any atom is 0.269 e. The fourth-order valence-electron chi connectivity index (χ4n) is 2.42. The van der Waals surface area contributed by atoms with Crippen LogP contribution in [0.25, 0.3) is 0 Å². The van der Waals surface area contributed by atoms with Crippen molar-refractivity contribution in [2.24, 2.45) is 0 Å². The Bertz CT molecular complexity index is 689. The normalized spacial score (nSPS) is 24.3. The third-order valence-corrected chi connectivity index (χ3v) is 3.86. The number of aliphatic hydroxyl groups excluding tert-OH is 1. The number of nitro benzene ring substituents is 1. The van der Waals surface area contributed by atoms with Crippen LogP contribution in [0.5, 0.6) is 0 Å². The number of hydrogen-bond acceptors (Lipinski definition) is 5. The number of hydrogen-bond donors (Lipinski definition) is 1. The average molecular weight is 336 g/mol. The molecule has 0 bridgehead atoms. The highest BCUT2D eigenvalue weighted by Crippen LogP contribution is 2.35. The van der Waals surface area contributed by atoms with Gasteiger partial charge in [-0.3, -0.25) is 10.1 Å². The minimum absolute atomic E-state index is 0.00968. The largest absolute Gasteiger partial charge is 0.388 e. The topological polar surface area (TPSA) is 81.8 Å². The Morgan fingerprint density at radius 2 is 1.70 bits per heavy atom. The van der Waals surface area contributed by atoms with E-state index in [1.165, 1.54) is 12.1 Å². The molecular weight excluding hydrogens is 322 g/mol. The fourth-order valence-corrected chi connectivity index (χ4v) is 2.54. The van der Waals surface area contributed by atoms with E-state index in [0.717, 1.165) is 5.56 Å². The molecule has 6 nitrogen and oxygen atoms in total. The second-order valence-electron chi connectivity index (χ2n) is 5.19. The summed E-state index contributed by atoms with van der Waals surface area (Å²) in [6, 6.07) is 13.0. The molecule has 0 aliphatic carbocycles. The number of benzene rings is 2. The molecule has 3 rings (SSSR count). The molecule has 0 unspecified atom stereocenters. The Kier molecular flexibility index (Phi) is 4.58. The van der Waals surface area contributed by atoms with Gasteiger partial charge in [0.25, 0.3) is 5.69 Å². The molecule has 1 N–H and O–H groups in total. The highest BCUT2D eigenvalue weighted by atomic mass is 35.5. The standard InChI is InChI=1S/C16H14ClNO5/c17-12-5-1-11(2-6-12)16-22-9-14(19)15(23-16)10-3-7-13(8-4-10)18(20)21/h1-8,14-16,19H,9H2/t14-,15+,16+/m1/s1. The molecule has 1 aliphatic rings. The summed E-state index contributed by atoms with van der Waals surface area (Å²) in [5.74, 6) is 0. The van der Waals surface area contributed by atoms with Gasteiger partial charge in [-0.2, -0.15) is 0 Å². The van der Waals surface area contributed by atoms with Crippen molar-refractivity contribution in [1.82, 2.24) is 0 Å². The Balaban J connectivity index is 1.80. The maximum atomic E-state index is 10.7. The zero-order chi connectivity index (χ0) is 16.4. The molecule has 0 aromatic heterocycles. The number of nitrogens with zero attached hydrogens (tertiary/aromatic N) is 1. The molecule has 23 heavy (non-hydrogen) atoms. The second-order valence-corrected chi connectivity index (χ2v) is 5.63. The van der Waals surface area contributed by atoms with Crippen LogP contribution in [0.2, 0.25) is 5.02 Å². The summed E-state index contributed by atoms with van der Waals surface area (Å²) >= 11 is 5.86. The predicted octanol–water partition coefficient (Wildman–Crippen LogP) is 3.40. The van der Waals surface area contributed by atoms with E-state index in [0.29, 0.717) is 10.6 Å². The van der Waals surface area contributed by atoms with Gasteiger partial charge < -0.3 is 14.6 Å². The van der Waals surface area contributed by atoms with E-state index in [1.807, 2.05) is 0 Å². The van der Waals surface area contributed by atoms with Crippen molar-refractivity contribution < 1.29 is 19.5 Å². The summed E-state index contributed by atoms with van der Waals surface area (Å²) in [6.45, 7) is 0.106. The van der Waals surface area contributed by atoms with Gasteiger partial charge in [-0.25, -0.2) is 0 Å². The van der Waals surface area contributed by atoms with Gasteiger partial charge >= 0.3 is 0 Å². The lowest BCUT2D eigenvalue weighted by atomic mass is 10.0. The summed E-state index contributed by atoms with van der Waals surface area (Å²) in [5.41, 5.74) is 1.43. The summed E-state index contributed by atoms with van der Waals surface area (Å²) in [4.78, 5) is 10.2. The predicted molar refractivity (Wildman–Crippen MR) is 83.1 cm³/mol. The van der Waals surface area contributed by atoms with Crippen molar-refractivity contribution in [2.75, 3.05) is 6.61 Å². The molecule has 0 saturated carbocycles. The summed E-state index contributed by atoms with van der Waals surface area (Å²) < 4.78 is 11.3. The molecule has 1 aliphatic heterocycles. The first-order valence-corrected chi connectivity index (χ1v) is 7.37. The first-order valence-electron chi connectivity index (χ1n) is 6.99. The zero-order valence-electron chi connectivity index (χ0n) is 12.0. The monoisotopic (exact) mass is 335 g/mol. The molecule has 0 amide bonds. The van der Waals surface area contributed by atoms with Crippen LogP contribution < -0.4 is 0 Å². The molecule has 0 spiro atoms. The Morgan fingerprint density at radius 3 is 2.30 bits per heavy atom. The van der Waals surface area contributed by atoms with Crippen molar-refractivity contribution in [3.05, 3.63) is 74.8 Å². The Hall–Kier alpha value is -1.99. The van der Waals surface area contributed by atoms with Crippen molar-refractivity contribution in [2.45, 2.75) is 18.5 Å². The van der Waals surface area contributed by atoms with Crippen molar-refractivity contribution in [3.63, 3.8) is 0 Å². The number of rotatable bonds is 3. The van der Waals surface area contributed by atoms with Gasteiger partial charge in [0.05, 0.1) is 11.5 Å². The van der Waals surface area contributed by atoms with Gasteiger partial charge in [0, 0.05) is 22.7 Å². The van der Waals surface area contributed by atoms with Crippen molar-refractivity contribution in [1.29, 1.82) is 0 Å². The molecule has 2 aromatic rings. The fraction of sp³-hybridized carbons (Fsp3) is 0.250. The molecule has 2 aromatic carbocycles. The lowest BCUT2D eigenvalue weighted by Crippen LogP contribution is -2.34. The van der Waals surface area contributed by atoms with Crippen LogP contribution >= 0.6 is 11.6 Å². The number of non-ortho nitro benzene ring substituents is 1. The first kappa shape index (κ1) is 15.9. The van der Waals surface area contributed by atoms with Crippen LogP contribution in [0.3, 0.4) is 0 Å². The van der Waals surface area contributed by atoms with Gasteiger partial charge in [-0.15, -0.1) is 0 Å². The second kappa shape index (κ2) is 6.64. The number of aliphatic hydroxyl groups is 1. The van der Waals surface area contributed by atoms with E-state index in [9.17, 15) is 15.2 Å². The highest BCUT2D eigenvalue weighted by Gasteiger charge is 2.32. The van der Waals surface area contributed by atoms with Crippen molar-refractivity contribution >= 4 is 17.3 Å². The van der Waals surface area contributed by atoms with Gasteiger partial charge in [-0.1, -0.05) is 23.7 Å². The van der Waals surface area contributed by atoms with Gasteiger partial charge in [-0.05, 0) is 29.8 Å². The van der Waals surface area contributed by atoms with Crippen LogP contribution in [-0.2, 0) is 9.47 Å². The number of halogens is 1. The zero-order valence-corrected chi connectivity index (χ0v) is 12.7. The SMILES string of the molecule is O=[N+]([O-])c1ccc([C@@H]2O[C@@H](c3ccc(Cl)cc3)OC[C@H]2O)cc1. The number of ether oxygens (including phenoxy) is 2. The smallest absolute Gasteiger partial charge is 0.269 e. The maximum absolute atomic E-state index is 10.7. The molecule has 120 valence electrons. The quantitative estimate of drug-likeness (QED) is 0.686. The van der Waals surface area contributed by atoms with Crippen LogP contribution in [0.1, 0.15) is 23.5 Å². The summed E-state index contributed by atoms with van der Waals surface area (Å²) in [7, 11) is 0. The first-order chi connectivity index (χ1) is 11.0. The summed E-state index contributed by atoms with van der Waals surface area (Å²) in [6.07, 6.45) is -2.10. The highest BCUT2D eigenvalue weighted by molar-refractivity contribution is 6.30. The van der Waals surface area contributed by atoms with Gasteiger partial charge in [0.2, 0.25) is 0 Å². The molecule has 1 fully saturated rings. The van der Waals surface area contributed by atoms with Crippen molar-refractivity contribution in [3.8, 4) is 0 Å². The third kappa shape index (κ3) is 3.51. The van der Waals surface area contributed by atoms with Gasteiger partial charge in [0.1, 0.15) is 12.2 Å². The molecule has 1 saturated heterocycles. The van der Waals surface area contributed by atoms with Crippen LogP contribution in [0.15, 0.2) is 48.5 Å². The van der Waals surface area contributed by atoms with Crippen LogP contribution in [0, 0.1) is 10.1 Å². The molecule has 0 radical (unpaired) electrons.